The second-order valence-electron chi connectivity index (χ2n) is 4.05. The molecule has 0 aliphatic rings. The zero-order valence-corrected chi connectivity index (χ0v) is 15.5. The zero-order valence-electron chi connectivity index (χ0n) is 9.93. The van der Waals surface area contributed by atoms with E-state index in [1.54, 1.807) is 11.3 Å². The summed E-state index contributed by atoms with van der Waals surface area (Å²) in [5, 5.41) is 3.38. The highest BCUT2D eigenvalue weighted by Crippen LogP contribution is 2.38. The number of rotatable bonds is 3. The molecule has 0 bridgehead atoms. The molecule has 5 heteroatoms. The van der Waals surface area contributed by atoms with Crippen LogP contribution in [0.25, 0.3) is 0 Å². The Bertz CT molecular complexity index is 526. The Hall–Kier alpha value is 0.320. The summed E-state index contributed by atoms with van der Waals surface area (Å²) in [6, 6.07) is 8.87. The quantitative estimate of drug-likeness (QED) is 0.633. The number of halogens is 3. The van der Waals surface area contributed by atoms with Gasteiger partial charge < -0.3 is 5.32 Å². The third kappa shape index (κ3) is 3.25. The van der Waals surface area contributed by atoms with E-state index in [1.807, 2.05) is 7.05 Å². The summed E-state index contributed by atoms with van der Waals surface area (Å²) in [6.07, 6.45) is 0. The fraction of sp³-hybridized carbons (Fsp3) is 0.231. The molecule has 1 N–H and O–H groups in total. The molecule has 1 nitrogen and oxygen atoms in total. The van der Waals surface area contributed by atoms with E-state index in [0.717, 1.165) is 12.7 Å². The predicted molar refractivity (Wildman–Crippen MR) is 89.5 cm³/mol. The Balaban J connectivity index is 2.44. The fourth-order valence-electron chi connectivity index (χ4n) is 1.91. The van der Waals surface area contributed by atoms with Gasteiger partial charge in [0.1, 0.15) is 0 Å². The van der Waals surface area contributed by atoms with E-state index in [-0.39, 0.29) is 6.04 Å². The van der Waals surface area contributed by atoms with E-state index in [2.05, 4.69) is 84.3 Å². The van der Waals surface area contributed by atoms with Crippen molar-refractivity contribution in [3.8, 4) is 0 Å². The van der Waals surface area contributed by atoms with E-state index in [4.69, 9.17) is 0 Å². The molecule has 0 radical (unpaired) electrons. The van der Waals surface area contributed by atoms with Gasteiger partial charge in [0.25, 0.3) is 0 Å². The van der Waals surface area contributed by atoms with Crippen LogP contribution in [-0.4, -0.2) is 7.05 Å². The minimum absolute atomic E-state index is 0.216. The second kappa shape index (κ2) is 6.18. The van der Waals surface area contributed by atoms with Crippen molar-refractivity contribution in [2.24, 2.45) is 0 Å². The molecule has 0 amide bonds. The number of hydrogen-bond donors (Lipinski definition) is 1. The van der Waals surface area contributed by atoms with Crippen LogP contribution in [-0.2, 0) is 0 Å². The first-order valence-corrected chi connectivity index (χ1v) is 8.60. The van der Waals surface area contributed by atoms with Crippen molar-refractivity contribution in [2.75, 3.05) is 7.05 Å². The zero-order chi connectivity index (χ0) is 13.3. The minimum Gasteiger partial charge on any atom is -0.309 e. The molecule has 0 aliphatic heterocycles. The molecule has 2 rings (SSSR count). The normalized spacial score (nSPS) is 12.7. The van der Waals surface area contributed by atoms with Crippen LogP contribution >= 0.6 is 59.1 Å². The lowest BCUT2D eigenvalue weighted by Crippen LogP contribution is -2.16. The molecule has 1 aromatic carbocycles. The molecule has 18 heavy (non-hydrogen) atoms. The first-order valence-electron chi connectivity index (χ1n) is 5.40. The molecule has 1 atom stereocenters. The summed E-state index contributed by atoms with van der Waals surface area (Å²) in [5.74, 6) is 0. The average Bonchev–Trinajstić information content (AvgIpc) is 2.58. The summed E-state index contributed by atoms with van der Waals surface area (Å²) in [7, 11) is 1.99. The van der Waals surface area contributed by atoms with Crippen molar-refractivity contribution in [1.82, 2.24) is 5.32 Å². The lowest BCUT2D eigenvalue weighted by Gasteiger charge is -2.16. The maximum Gasteiger partial charge on any atom is 0.0843 e. The number of nitrogens with one attached hydrogen (secondary N) is 1. The number of aryl methyl sites for hydroxylation is 1. The third-order valence-electron chi connectivity index (χ3n) is 2.64. The van der Waals surface area contributed by atoms with Crippen LogP contribution < -0.4 is 5.32 Å². The maximum atomic E-state index is 3.56. The van der Waals surface area contributed by atoms with Gasteiger partial charge >= 0.3 is 0 Å². The molecule has 1 aromatic heterocycles. The van der Waals surface area contributed by atoms with Crippen molar-refractivity contribution < 1.29 is 0 Å². The van der Waals surface area contributed by atoms with Gasteiger partial charge in [0.2, 0.25) is 0 Å². The fourth-order valence-corrected chi connectivity index (χ4v) is 4.76. The van der Waals surface area contributed by atoms with Gasteiger partial charge in [-0.25, -0.2) is 0 Å². The lowest BCUT2D eigenvalue weighted by atomic mass is 10.0. The molecule has 2 aromatic rings. The molecule has 0 spiro atoms. The number of hydrogen-bond acceptors (Lipinski definition) is 2. The Labute approximate surface area is 136 Å². The van der Waals surface area contributed by atoms with Crippen LogP contribution in [0.1, 0.15) is 22.0 Å². The van der Waals surface area contributed by atoms with Crippen LogP contribution in [0.3, 0.4) is 0 Å². The second-order valence-corrected chi connectivity index (χ2v) is 8.23. The largest absolute Gasteiger partial charge is 0.309 e. The highest BCUT2D eigenvalue weighted by atomic mass is 79.9. The summed E-state index contributed by atoms with van der Waals surface area (Å²) in [4.78, 5) is 1.29. The predicted octanol–water partition coefficient (Wildman–Crippen LogP) is 5.65. The van der Waals surface area contributed by atoms with E-state index in [9.17, 15) is 0 Å². The van der Waals surface area contributed by atoms with Crippen molar-refractivity contribution in [3.63, 3.8) is 0 Å². The van der Waals surface area contributed by atoms with Gasteiger partial charge in [-0.1, -0.05) is 22.0 Å². The van der Waals surface area contributed by atoms with Crippen LogP contribution in [0, 0.1) is 6.92 Å². The molecular formula is C13H12Br3NS. The van der Waals surface area contributed by atoms with E-state index < -0.39 is 0 Å². The Morgan fingerprint density at radius 3 is 2.33 bits per heavy atom. The van der Waals surface area contributed by atoms with Crippen LogP contribution in [0.5, 0.6) is 0 Å². The van der Waals surface area contributed by atoms with Gasteiger partial charge in [-0.15, -0.1) is 11.3 Å². The first kappa shape index (κ1) is 14.7. The number of thiophene rings is 1. The van der Waals surface area contributed by atoms with Crippen LogP contribution in [0.4, 0.5) is 0 Å². The van der Waals surface area contributed by atoms with Gasteiger partial charge in [0.15, 0.2) is 0 Å². The summed E-state index contributed by atoms with van der Waals surface area (Å²) >= 11 is 12.4. The van der Waals surface area contributed by atoms with Crippen LogP contribution in [0.15, 0.2) is 37.0 Å². The SMILES string of the molecule is CNC(c1cc(C)cc(Br)c1)c1cc(Br)c(Br)s1. The molecule has 1 unspecified atom stereocenters. The monoisotopic (exact) mass is 451 g/mol. The lowest BCUT2D eigenvalue weighted by molar-refractivity contribution is 0.702. The van der Waals surface area contributed by atoms with Gasteiger partial charge in [-0.3, -0.25) is 0 Å². The van der Waals surface area contributed by atoms with Crippen molar-refractivity contribution in [3.05, 3.63) is 53.0 Å². The van der Waals surface area contributed by atoms with E-state index >= 15 is 0 Å². The van der Waals surface area contributed by atoms with Crippen molar-refractivity contribution >= 4 is 59.1 Å². The molecule has 0 aliphatic carbocycles. The molecule has 1 heterocycles. The highest BCUT2D eigenvalue weighted by Gasteiger charge is 2.16. The van der Waals surface area contributed by atoms with E-state index in [0.29, 0.717) is 0 Å². The number of benzene rings is 1. The van der Waals surface area contributed by atoms with Crippen molar-refractivity contribution in [1.29, 1.82) is 0 Å². The Kier molecular flexibility index (Phi) is 5.06. The van der Waals surface area contributed by atoms with Crippen LogP contribution in [0.2, 0.25) is 0 Å². The minimum atomic E-state index is 0.216. The van der Waals surface area contributed by atoms with Gasteiger partial charge in [0.05, 0.1) is 9.83 Å². The van der Waals surface area contributed by atoms with E-state index in [1.165, 1.54) is 16.0 Å². The topological polar surface area (TPSA) is 12.0 Å². The first-order chi connectivity index (χ1) is 8.51. The van der Waals surface area contributed by atoms with Gasteiger partial charge in [0, 0.05) is 13.8 Å². The van der Waals surface area contributed by atoms with Crippen molar-refractivity contribution in [2.45, 2.75) is 13.0 Å². The molecule has 0 saturated heterocycles. The Morgan fingerprint density at radius 1 is 1.11 bits per heavy atom. The summed E-state index contributed by atoms with van der Waals surface area (Å²) < 4.78 is 3.35. The summed E-state index contributed by atoms with van der Waals surface area (Å²) in [5.41, 5.74) is 2.53. The smallest absolute Gasteiger partial charge is 0.0843 e. The maximum absolute atomic E-state index is 3.56. The summed E-state index contributed by atoms with van der Waals surface area (Å²) in [6.45, 7) is 2.11. The molecule has 96 valence electrons. The third-order valence-corrected chi connectivity index (χ3v) is 6.41. The highest BCUT2D eigenvalue weighted by molar-refractivity contribution is 9.13. The average molecular weight is 454 g/mol. The standard InChI is InChI=1S/C13H12Br3NS/c1-7-3-8(5-9(14)4-7)12(17-2)11-6-10(15)13(16)18-11/h3-6,12,17H,1-2H3. The van der Waals surface area contributed by atoms with Gasteiger partial charge in [-0.05, 0) is 75.2 Å². The molecule has 0 saturated carbocycles. The van der Waals surface area contributed by atoms with Gasteiger partial charge in [-0.2, -0.15) is 0 Å². The Morgan fingerprint density at radius 2 is 1.83 bits per heavy atom. The molecule has 0 fully saturated rings. The molecular weight excluding hydrogens is 442 g/mol.